The van der Waals surface area contributed by atoms with E-state index in [1.54, 1.807) is 12.1 Å². The fourth-order valence-corrected chi connectivity index (χ4v) is 2.65. The van der Waals surface area contributed by atoms with Gasteiger partial charge in [0.2, 0.25) is 0 Å². The maximum absolute atomic E-state index is 11.9. The van der Waals surface area contributed by atoms with Crippen molar-refractivity contribution in [3.63, 3.8) is 0 Å². The molecule has 1 amide bonds. The second kappa shape index (κ2) is 4.04. The van der Waals surface area contributed by atoms with E-state index < -0.39 is 0 Å². The zero-order valence-electron chi connectivity index (χ0n) is 9.43. The molecular formula is C13H15NO3. The van der Waals surface area contributed by atoms with Crippen LogP contribution in [0.1, 0.15) is 29.6 Å². The van der Waals surface area contributed by atoms with Gasteiger partial charge in [-0.25, -0.2) is 0 Å². The average molecular weight is 233 g/mol. The topological polar surface area (TPSA) is 58.6 Å². The van der Waals surface area contributed by atoms with Crippen molar-refractivity contribution >= 4 is 5.91 Å². The Morgan fingerprint density at radius 3 is 2.65 bits per heavy atom. The lowest BCUT2D eigenvalue weighted by Gasteiger charge is -2.19. The molecule has 2 N–H and O–H groups in total. The lowest BCUT2D eigenvalue weighted by Crippen LogP contribution is -2.41. The van der Waals surface area contributed by atoms with Crippen molar-refractivity contribution < 1.29 is 14.6 Å². The number of carbonyl (C=O) groups excluding carboxylic acids is 1. The van der Waals surface area contributed by atoms with E-state index in [1.807, 2.05) is 0 Å². The second-order valence-electron chi connectivity index (χ2n) is 4.74. The van der Waals surface area contributed by atoms with Crippen molar-refractivity contribution in [2.75, 3.05) is 0 Å². The molecule has 0 saturated carbocycles. The molecule has 2 saturated heterocycles. The monoisotopic (exact) mass is 233 g/mol. The Morgan fingerprint density at radius 1 is 1.29 bits per heavy atom. The van der Waals surface area contributed by atoms with Crippen LogP contribution in [0.15, 0.2) is 24.3 Å². The fraction of sp³-hybridized carbons (Fsp3) is 0.462. The van der Waals surface area contributed by atoms with E-state index in [0.717, 1.165) is 19.3 Å². The van der Waals surface area contributed by atoms with E-state index in [4.69, 9.17) is 9.84 Å². The summed E-state index contributed by atoms with van der Waals surface area (Å²) in [5.41, 5.74) is 0.575. The zero-order chi connectivity index (χ0) is 11.8. The zero-order valence-corrected chi connectivity index (χ0v) is 9.43. The van der Waals surface area contributed by atoms with Crippen LogP contribution in [0, 0.1) is 0 Å². The minimum absolute atomic E-state index is 0.0915. The van der Waals surface area contributed by atoms with Gasteiger partial charge in [-0.15, -0.1) is 0 Å². The van der Waals surface area contributed by atoms with Gasteiger partial charge in [-0.05, 0) is 43.5 Å². The van der Waals surface area contributed by atoms with E-state index in [0.29, 0.717) is 11.7 Å². The maximum Gasteiger partial charge on any atom is 0.251 e. The van der Waals surface area contributed by atoms with Gasteiger partial charge in [-0.1, -0.05) is 0 Å². The predicted octanol–water partition coefficient (Wildman–Crippen LogP) is 1.44. The van der Waals surface area contributed by atoms with Crippen LogP contribution in [0.25, 0.3) is 0 Å². The first-order chi connectivity index (χ1) is 8.22. The molecule has 0 radical (unpaired) electrons. The molecule has 3 atom stereocenters. The number of carbonyl (C=O) groups is 1. The Morgan fingerprint density at radius 2 is 2.06 bits per heavy atom. The molecule has 2 fully saturated rings. The number of phenols is 1. The van der Waals surface area contributed by atoms with Gasteiger partial charge in [0.25, 0.3) is 5.91 Å². The number of amides is 1. The number of ether oxygens (including phenoxy) is 1. The van der Waals surface area contributed by atoms with Gasteiger partial charge in [0.15, 0.2) is 0 Å². The number of aromatic hydroxyl groups is 1. The lowest BCUT2D eigenvalue weighted by molar-refractivity contribution is 0.0841. The van der Waals surface area contributed by atoms with Gasteiger partial charge < -0.3 is 15.2 Å². The molecule has 90 valence electrons. The van der Waals surface area contributed by atoms with Crippen LogP contribution in [-0.4, -0.2) is 29.3 Å². The van der Waals surface area contributed by atoms with E-state index in [-0.39, 0.29) is 23.8 Å². The minimum Gasteiger partial charge on any atom is -0.508 e. The molecule has 4 nitrogen and oxygen atoms in total. The highest BCUT2D eigenvalue weighted by atomic mass is 16.5. The van der Waals surface area contributed by atoms with E-state index in [2.05, 4.69) is 5.32 Å². The summed E-state index contributed by atoms with van der Waals surface area (Å²) < 4.78 is 5.69. The first-order valence-electron chi connectivity index (χ1n) is 5.98. The summed E-state index contributed by atoms with van der Waals surface area (Å²) in [7, 11) is 0. The van der Waals surface area contributed by atoms with Crippen LogP contribution in [-0.2, 0) is 4.74 Å². The first kappa shape index (κ1) is 10.6. The Hall–Kier alpha value is -1.55. The van der Waals surface area contributed by atoms with Gasteiger partial charge in [-0.2, -0.15) is 0 Å². The van der Waals surface area contributed by atoms with Gasteiger partial charge in [0.05, 0.1) is 18.2 Å². The number of hydrogen-bond acceptors (Lipinski definition) is 3. The number of rotatable bonds is 2. The van der Waals surface area contributed by atoms with Crippen molar-refractivity contribution in [3.05, 3.63) is 29.8 Å². The van der Waals surface area contributed by atoms with Crippen LogP contribution >= 0.6 is 0 Å². The molecule has 0 aromatic heterocycles. The van der Waals surface area contributed by atoms with Crippen LogP contribution in [0.3, 0.4) is 0 Å². The van der Waals surface area contributed by atoms with Crippen LogP contribution in [0.2, 0.25) is 0 Å². The molecular weight excluding hydrogens is 218 g/mol. The summed E-state index contributed by atoms with van der Waals surface area (Å²) in [4.78, 5) is 11.9. The normalized spacial score (nSPS) is 30.5. The minimum atomic E-state index is -0.0915. The third-order valence-corrected chi connectivity index (χ3v) is 3.55. The summed E-state index contributed by atoms with van der Waals surface area (Å²) in [6.45, 7) is 0. The van der Waals surface area contributed by atoms with Crippen molar-refractivity contribution in [1.82, 2.24) is 5.32 Å². The molecule has 17 heavy (non-hydrogen) atoms. The third-order valence-electron chi connectivity index (χ3n) is 3.55. The van der Waals surface area contributed by atoms with Crippen molar-refractivity contribution in [1.29, 1.82) is 0 Å². The quantitative estimate of drug-likeness (QED) is 0.812. The second-order valence-corrected chi connectivity index (χ2v) is 4.74. The molecule has 2 aliphatic rings. The van der Waals surface area contributed by atoms with Gasteiger partial charge in [-0.3, -0.25) is 4.79 Å². The molecule has 3 unspecified atom stereocenters. The van der Waals surface area contributed by atoms with Gasteiger partial charge in [0, 0.05) is 5.56 Å². The molecule has 1 aromatic rings. The summed E-state index contributed by atoms with van der Waals surface area (Å²) in [5.74, 6) is 0.0796. The molecule has 2 aliphatic heterocycles. The van der Waals surface area contributed by atoms with E-state index in [9.17, 15) is 4.79 Å². The molecule has 3 rings (SSSR count). The van der Waals surface area contributed by atoms with E-state index >= 15 is 0 Å². The average Bonchev–Trinajstić information content (AvgIpc) is 2.91. The smallest absolute Gasteiger partial charge is 0.251 e. The summed E-state index contributed by atoms with van der Waals surface area (Å²) in [6.07, 6.45) is 3.63. The van der Waals surface area contributed by atoms with Crippen LogP contribution in [0.4, 0.5) is 0 Å². The number of phenolic OH excluding ortho intramolecular Hbond substituents is 1. The van der Waals surface area contributed by atoms with Crippen LogP contribution < -0.4 is 5.32 Å². The van der Waals surface area contributed by atoms with Gasteiger partial charge >= 0.3 is 0 Å². The summed E-state index contributed by atoms with van der Waals surface area (Å²) >= 11 is 0. The maximum atomic E-state index is 11.9. The first-order valence-corrected chi connectivity index (χ1v) is 5.98. The number of nitrogens with one attached hydrogen (secondary N) is 1. The Balaban J connectivity index is 1.65. The largest absolute Gasteiger partial charge is 0.508 e. The molecule has 1 aromatic carbocycles. The number of fused-ring (bicyclic) bond motifs is 2. The highest BCUT2D eigenvalue weighted by molar-refractivity contribution is 5.94. The third kappa shape index (κ3) is 2.00. The molecule has 0 aliphatic carbocycles. The highest BCUT2D eigenvalue weighted by Gasteiger charge is 2.41. The Labute approximate surface area is 99.6 Å². The molecule has 0 spiro atoms. The highest BCUT2D eigenvalue weighted by Crippen LogP contribution is 2.34. The van der Waals surface area contributed by atoms with Crippen molar-refractivity contribution in [3.8, 4) is 5.75 Å². The number of hydrogen-bond donors (Lipinski definition) is 2. The Kier molecular flexibility index (Phi) is 2.52. The summed E-state index contributed by atoms with van der Waals surface area (Å²) in [6, 6.07) is 6.44. The van der Waals surface area contributed by atoms with Crippen molar-refractivity contribution in [2.24, 2.45) is 0 Å². The SMILES string of the molecule is O=C(NC1CC2CCC1O2)c1ccc(O)cc1. The van der Waals surface area contributed by atoms with Crippen LogP contribution in [0.5, 0.6) is 5.75 Å². The van der Waals surface area contributed by atoms with Crippen molar-refractivity contribution in [2.45, 2.75) is 37.5 Å². The lowest BCUT2D eigenvalue weighted by atomic mass is 9.95. The predicted molar refractivity (Wildman–Crippen MR) is 61.9 cm³/mol. The molecule has 2 heterocycles. The molecule has 4 heteroatoms. The number of benzene rings is 1. The molecule has 2 bridgehead atoms. The Bertz CT molecular complexity index is 429. The summed E-state index contributed by atoms with van der Waals surface area (Å²) in [5, 5.41) is 12.2. The van der Waals surface area contributed by atoms with E-state index in [1.165, 1.54) is 12.1 Å². The standard InChI is InChI=1S/C13H15NO3/c15-9-3-1-8(2-4-9)13(16)14-11-7-10-5-6-12(11)17-10/h1-4,10-12,15H,5-7H2,(H,14,16). The fourth-order valence-electron chi connectivity index (χ4n) is 2.65. The van der Waals surface area contributed by atoms with Gasteiger partial charge in [0.1, 0.15) is 5.75 Å².